The molecule has 0 aliphatic carbocycles. The van der Waals surface area contributed by atoms with Crippen LogP contribution in [0.4, 0.5) is 0 Å². The molecule has 0 aliphatic rings. The molecule has 0 aliphatic heterocycles. The Kier molecular flexibility index (Phi) is 5.80. The zero-order chi connectivity index (χ0) is 22.5. The predicted molar refractivity (Wildman–Crippen MR) is 127 cm³/mol. The van der Waals surface area contributed by atoms with Crippen molar-refractivity contribution in [3.63, 3.8) is 0 Å². The first-order valence-corrected chi connectivity index (χ1v) is 10.6. The first kappa shape index (κ1) is 20.5. The van der Waals surface area contributed by atoms with E-state index in [2.05, 4.69) is 19.9 Å². The molecule has 0 saturated heterocycles. The Morgan fingerprint density at radius 3 is 1.79 bits per heavy atom. The average Bonchev–Trinajstić information content (AvgIpc) is 2.88. The summed E-state index contributed by atoms with van der Waals surface area (Å²) in [5.74, 6) is 0.693. The number of rotatable bonds is 6. The van der Waals surface area contributed by atoms with E-state index in [1.165, 1.54) is 0 Å². The fourth-order valence-electron chi connectivity index (χ4n) is 3.43. The summed E-state index contributed by atoms with van der Waals surface area (Å²) in [4.78, 5) is 22.6. The van der Waals surface area contributed by atoms with Crippen molar-refractivity contribution in [2.24, 2.45) is 0 Å². The van der Waals surface area contributed by atoms with Crippen LogP contribution in [-0.2, 0) is 6.61 Å². The maximum Gasteiger partial charge on any atom is 0.124 e. The molecule has 5 rings (SSSR count). The van der Waals surface area contributed by atoms with Crippen molar-refractivity contribution in [3.05, 3.63) is 109 Å². The van der Waals surface area contributed by atoms with Gasteiger partial charge in [0.2, 0.25) is 0 Å². The highest BCUT2D eigenvalue weighted by atomic mass is 16.5. The first-order valence-electron chi connectivity index (χ1n) is 10.6. The van der Waals surface area contributed by atoms with Crippen LogP contribution >= 0.6 is 0 Å². The van der Waals surface area contributed by atoms with Gasteiger partial charge in [-0.25, -0.2) is 4.98 Å². The van der Waals surface area contributed by atoms with Crippen LogP contribution in [0.1, 0.15) is 11.1 Å². The third-order valence-electron chi connectivity index (χ3n) is 5.06. The van der Waals surface area contributed by atoms with Gasteiger partial charge in [-0.1, -0.05) is 12.1 Å². The SMILES string of the molecule is Cc1ccnc(-c2cc(COc3cc(-c4ccccn4)nc(-c4ccccn4)c3)ccn2)c1. The summed E-state index contributed by atoms with van der Waals surface area (Å²) in [6.07, 6.45) is 7.08. The number of nitrogens with zero attached hydrogens (tertiary/aromatic N) is 5. The molecule has 0 N–H and O–H groups in total. The van der Waals surface area contributed by atoms with Crippen molar-refractivity contribution in [3.8, 4) is 39.9 Å². The fraction of sp³-hybridized carbons (Fsp3) is 0.0741. The lowest BCUT2D eigenvalue weighted by Gasteiger charge is -2.11. The molecule has 0 spiro atoms. The van der Waals surface area contributed by atoms with E-state index in [4.69, 9.17) is 9.72 Å². The van der Waals surface area contributed by atoms with E-state index in [1.807, 2.05) is 79.7 Å². The number of aryl methyl sites for hydroxylation is 1. The summed E-state index contributed by atoms with van der Waals surface area (Å²) >= 11 is 0. The lowest BCUT2D eigenvalue weighted by atomic mass is 10.1. The van der Waals surface area contributed by atoms with Crippen LogP contribution in [0.25, 0.3) is 34.2 Å². The van der Waals surface area contributed by atoms with Crippen molar-refractivity contribution in [1.29, 1.82) is 0 Å². The van der Waals surface area contributed by atoms with Crippen LogP contribution in [0.5, 0.6) is 5.75 Å². The Morgan fingerprint density at radius 1 is 0.576 bits per heavy atom. The third kappa shape index (κ3) is 4.91. The molecule has 0 atom stereocenters. The Labute approximate surface area is 192 Å². The molecule has 6 heteroatoms. The Morgan fingerprint density at radius 2 is 1.18 bits per heavy atom. The predicted octanol–water partition coefficient (Wildman–Crippen LogP) is 5.55. The fourth-order valence-corrected chi connectivity index (χ4v) is 3.43. The average molecular weight is 431 g/mol. The van der Waals surface area contributed by atoms with Gasteiger partial charge in [0.1, 0.15) is 12.4 Å². The van der Waals surface area contributed by atoms with Crippen molar-refractivity contribution >= 4 is 0 Å². The second-order valence-corrected chi connectivity index (χ2v) is 7.56. The van der Waals surface area contributed by atoms with E-state index in [0.29, 0.717) is 12.4 Å². The smallest absolute Gasteiger partial charge is 0.124 e. The van der Waals surface area contributed by atoms with Gasteiger partial charge in [-0.05, 0) is 66.6 Å². The normalized spacial score (nSPS) is 10.7. The van der Waals surface area contributed by atoms with Gasteiger partial charge < -0.3 is 4.74 Å². The van der Waals surface area contributed by atoms with E-state index in [9.17, 15) is 0 Å². The van der Waals surface area contributed by atoms with Gasteiger partial charge in [0.15, 0.2) is 0 Å². The third-order valence-corrected chi connectivity index (χ3v) is 5.06. The number of hydrogen-bond acceptors (Lipinski definition) is 6. The summed E-state index contributed by atoms with van der Waals surface area (Å²) in [6, 6.07) is 23.2. The lowest BCUT2D eigenvalue weighted by Crippen LogP contribution is -1.99. The molecule has 0 unspecified atom stereocenters. The van der Waals surface area contributed by atoms with Crippen LogP contribution in [0.2, 0.25) is 0 Å². The lowest BCUT2D eigenvalue weighted by molar-refractivity contribution is 0.306. The first-order chi connectivity index (χ1) is 16.2. The second kappa shape index (κ2) is 9.36. The molecule has 5 aromatic heterocycles. The van der Waals surface area contributed by atoms with Gasteiger partial charge >= 0.3 is 0 Å². The summed E-state index contributed by atoms with van der Waals surface area (Å²) in [7, 11) is 0. The Hall–Kier alpha value is -4.45. The van der Waals surface area contributed by atoms with Gasteiger partial charge in [-0.2, -0.15) is 0 Å². The molecule has 0 amide bonds. The van der Waals surface area contributed by atoms with E-state index < -0.39 is 0 Å². The summed E-state index contributed by atoms with van der Waals surface area (Å²) in [5.41, 5.74) is 6.81. The van der Waals surface area contributed by atoms with E-state index >= 15 is 0 Å². The second-order valence-electron chi connectivity index (χ2n) is 7.56. The zero-order valence-corrected chi connectivity index (χ0v) is 18.1. The minimum absolute atomic E-state index is 0.384. The van der Waals surface area contributed by atoms with Crippen molar-refractivity contribution < 1.29 is 4.74 Å². The Bertz CT molecular complexity index is 1320. The summed E-state index contributed by atoms with van der Waals surface area (Å²) in [6.45, 7) is 2.43. The van der Waals surface area contributed by atoms with Crippen molar-refractivity contribution in [1.82, 2.24) is 24.9 Å². The Balaban J connectivity index is 1.44. The number of hydrogen-bond donors (Lipinski definition) is 0. The van der Waals surface area contributed by atoms with Crippen LogP contribution in [-0.4, -0.2) is 24.9 Å². The molecule has 33 heavy (non-hydrogen) atoms. The minimum Gasteiger partial charge on any atom is -0.489 e. The van der Waals surface area contributed by atoms with Gasteiger partial charge in [-0.15, -0.1) is 0 Å². The molecule has 0 radical (unpaired) electrons. The quantitative estimate of drug-likeness (QED) is 0.351. The highest BCUT2D eigenvalue weighted by molar-refractivity contribution is 5.64. The highest BCUT2D eigenvalue weighted by Crippen LogP contribution is 2.27. The number of pyridine rings is 5. The molecule has 5 heterocycles. The van der Waals surface area contributed by atoms with Gasteiger partial charge in [0.05, 0.1) is 34.2 Å². The molecule has 6 nitrogen and oxygen atoms in total. The summed E-state index contributed by atoms with van der Waals surface area (Å²) < 4.78 is 6.19. The van der Waals surface area contributed by atoms with Gasteiger partial charge in [0.25, 0.3) is 0 Å². The number of ether oxygens (including phenoxy) is 1. The topological polar surface area (TPSA) is 73.7 Å². The van der Waals surface area contributed by atoms with Crippen LogP contribution in [0, 0.1) is 6.92 Å². The van der Waals surface area contributed by atoms with E-state index in [0.717, 1.165) is 45.3 Å². The molecule has 0 fully saturated rings. The molecular weight excluding hydrogens is 410 g/mol. The van der Waals surface area contributed by atoms with E-state index in [-0.39, 0.29) is 0 Å². The van der Waals surface area contributed by atoms with Crippen LogP contribution < -0.4 is 4.74 Å². The van der Waals surface area contributed by atoms with Crippen molar-refractivity contribution in [2.75, 3.05) is 0 Å². The molecule has 5 aromatic rings. The minimum atomic E-state index is 0.384. The maximum atomic E-state index is 6.19. The zero-order valence-electron chi connectivity index (χ0n) is 18.1. The van der Waals surface area contributed by atoms with Gasteiger partial charge in [-0.3, -0.25) is 19.9 Å². The van der Waals surface area contributed by atoms with Crippen LogP contribution in [0.3, 0.4) is 0 Å². The van der Waals surface area contributed by atoms with Crippen molar-refractivity contribution in [2.45, 2.75) is 13.5 Å². The maximum absolute atomic E-state index is 6.19. The molecule has 0 aromatic carbocycles. The monoisotopic (exact) mass is 431 g/mol. The molecule has 160 valence electrons. The highest BCUT2D eigenvalue weighted by Gasteiger charge is 2.10. The molecule has 0 saturated carbocycles. The molecule has 0 bridgehead atoms. The van der Waals surface area contributed by atoms with Gasteiger partial charge in [0, 0.05) is 36.9 Å². The number of aromatic nitrogens is 5. The summed E-state index contributed by atoms with van der Waals surface area (Å²) in [5, 5.41) is 0. The van der Waals surface area contributed by atoms with E-state index in [1.54, 1.807) is 24.8 Å². The van der Waals surface area contributed by atoms with Crippen LogP contribution in [0.15, 0.2) is 97.6 Å². The standard InChI is InChI=1S/C27H21N5O/c1-19-8-12-30-24(14-19)25-15-20(9-13-31-25)18-33-21-16-26(22-6-2-4-10-28-22)32-27(17-21)23-7-3-5-11-29-23/h2-17H,18H2,1H3. The molecular formula is C27H21N5O. The largest absolute Gasteiger partial charge is 0.489 e.